The molecule has 1 aromatic rings. The van der Waals surface area contributed by atoms with Crippen LogP contribution >= 0.6 is 11.6 Å². The van der Waals surface area contributed by atoms with Gasteiger partial charge in [-0.2, -0.15) is 0 Å². The van der Waals surface area contributed by atoms with Crippen molar-refractivity contribution in [1.29, 1.82) is 0 Å². The lowest BCUT2D eigenvalue weighted by molar-refractivity contribution is -0.384. The first-order valence-corrected chi connectivity index (χ1v) is 6.96. The van der Waals surface area contributed by atoms with Crippen molar-refractivity contribution < 1.29 is 14.5 Å². The Labute approximate surface area is 122 Å². The molecule has 1 aliphatic rings. The van der Waals surface area contributed by atoms with Crippen LogP contribution in [-0.4, -0.2) is 16.8 Å². The molecular formula is C14H16ClNO4. The number of Topliss-reactive ketones (excluding diaryl/α,β-unsaturated/α-hetero) is 1. The molecule has 20 heavy (non-hydrogen) atoms. The van der Waals surface area contributed by atoms with E-state index in [0.29, 0.717) is 12.2 Å². The van der Waals surface area contributed by atoms with Gasteiger partial charge in [-0.3, -0.25) is 14.9 Å². The zero-order valence-electron chi connectivity index (χ0n) is 11.4. The van der Waals surface area contributed by atoms with Crippen molar-refractivity contribution in [3.8, 4) is 5.75 Å². The first-order chi connectivity index (χ1) is 9.44. The Morgan fingerprint density at radius 3 is 2.55 bits per heavy atom. The molecule has 0 aromatic heterocycles. The lowest BCUT2D eigenvalue weighted by Crippen LogP contribution is -2.56. The fourth-order valence-electron chi connectivity index (χ4n) is 2.72. The molecule has 0 heterocycles. The number of carbonyl (C=O) groups excluding carboxylic acids is 1. The highest BCUT2D eigenvalue weighted by molar-refractivity contribution is 6.32. The number of ether oxygens (including phenoxy) is 1. The molecule has 6 heteroatoms. The van der Waals surface area contributed by atoms with Crippen molar-refractivity contribution in [3.63, 3.8) is 0 Å². The van der Waals surface area contributed by atoms with Crippen LogP contribution in [0.4, 0.5) is 5.69 Å². The van der Waals surface area contributed by atoms with Crippen molar-refractivity contribution in [2.75, 3.05) is 0 Å². The van der Waals surface area contributed by atoms with Gasteiger partial charge in [0.15, 0.2) is 0 Å². The second-order valence-corrected chi connectivity index (χ2v) is 5.38. The van der Waals surface area contributed by atoms with E-state index in [4.69, 9.17) is 16.3 Å². The van der Waals surface area contributed by atoms with E-state index < -0.39 is 10.3 Å². The monoisotopic (exact) mass is 297 g/mol. The summed E-state index contributed by atoms with van der Waals surface area (Å²) in [4.78, 5) is 22.0. The molecule has 5 nitrogen and oxygen atoms in total. The summed E-state index contributed by atoms with van der Waals surface area (Å²) in [5.41, 5.74) is -0.519. The van der Waals surface area contributed by atoms with Crippen molar-refractivity contribution in [2.45, 2.75) is 39.2 Å². The second kappa shape index (κ2) is 5.40. The Bertz CT molecular complexity index is 554. The van der Waals surface area contributed by atoms with Crippen LogP contribution in [0.5, 0.6) is 5.75 Å². The number of nitro groups is 1. The van der Waals surface area contributed by atoms with E-state index in [1.807, 2.05) is 13.8 Å². The smallest absolute Gasteiger partial charge is 0.271 e. The highest BCUT2D eigenvalue weighted by atomic mass is 35.5. The van der Waals surface area contributed by atoms with Crippen molar-refractivity contribution >= 4 is 23.1 Å². The summed E-state index contributed by atoms with van der Waals surface area (Å²) >= 11 is 6.00. The highest BCUT2D eigenvalue weighted by Gasteiger charge is 2.54. The summed E-state index contributed by atoms with van der Waals surface area (Å²) in [6.45, 7) is 3.93. The fraction of sp³-hybridized carbons (Fsp3) is 0.500. The topological polar surface area (TPSA) is 69.4 Å². The van der Waals surface area contributed by atoms with Gasteiger partial charge >= 0.3 is 0 Å². The standard InChI is InChI=1S/C14H16ClNO4/c1-3-14(4-2)12(17)8-13(14)20-11-6-5-9(16(18)19)7-10(11)15/h5-7,13H,3-4,8H2,1-2H3. The van der Waals surface area contributed by atoms with Crippen molar-refractivity contribution in [2.24, 2.45) is 5.41 Å². The van der Waals surface area contributed by atoms with Gasteiger partial charge < -0.3 is 4.74 Å². The minimum Gasteiger partial charge on any atom is -0.487 e. The highest BCUT2D eigenvalue weighted by Crippen LogP contribution is 2.46. The Hall–Kier alpha value is -1.62. The predicted molar refractivity (Wildman–Crippen MR) is 75.2 cm³/mol. The fourth-order valence-corrected chi connectivity index (χ4v) is 2.94. The Kier molecular flexibility index (Phi) is 3.99. The molecular weight excluding hydrogens is 282 g/mol. The van der Waals surface area contributed by atoms with Crippen LogP contribution in [0.3, 0.4) is 0 Å². The van der Waals surface area contributed by atoms with Gasteiger partial charge in [0.05, 0.1) is 15.4 Å². The number of halogens is 1. The maximum absolute atomic E-state index is 11.8. The van der Waals surface area contributed by atoms with Crippen LogP contribution in [0.25, 0.3) is 0 Å². The van der Waals surface area contributed by atoms with Gasteiger partial charge in [0.2, 0.25) is 0 Å². The summed E-state index contributed by atoms with van der Waals surface area (Å²) in [6.07, 6.45) is 1.61. The van der Waals surface area contributed by atoms with E-state index in [-0.39, 0.29) is 22.6 Å². The van der Waals surface area contributed by atoms with Crippen LogP contribution in [0.2, 0.25) is 5.02 Å². The van der Waals surface area contributed by atoms with Gasteiger partial charge in [0.1, 0.15) is 17.6 Å². The van der Waals surface area contributed by atoms with Crippen LogP contribution in [0.15, 0.2) is 18.2 Å². The molecule has 0 bridgehead atoms. The first-order valence-electron chi connectivity index (χ1n) is 6.58. The van der Waals surface area contributed by atoms with Gasteiger partial charge in [-0.1, -0.05) is 25.4 Å². The molecule has 1 atom stereocenters. The van der Waals surface area contributed by atoms with E-state index in [2.05, 4.69) is 0 Å². The molecule has 2 rings (SSSR count). The summed E-state index contributed by atoms with van der Waals surface area (Å²) in [7, 11) is 0. The number of carbonyl (C=O) groups is 1. The molecule has 0 amide bonds. The third-order valence-corrected chi connectivity index (χ3v) is 4.50. The van der Waals surface area contributed by atoms with Gasteiger partial charge in [0, 0.05) is 18.6 Å². The molecule has 0 N–H and O–H groups in total. The average Bonchev–Trinajstić information content (AvgIpc) is 2.41. The van der Waals surface area contributed by atoms with Gasteiger partial charge in [-0.05, 0) is 18.9 Å². The SMILES string of the molecule is CCC1(CC)C(=O)CC1Oc1ccc([N+](=O)[O-])cc1Cl. The Balaban J connectivity index is 2.19. The molecule has 0 saturated heterocycles. The van der Waals surface area contributed by atoms with Crippen LogP contribution in [0, 0.1) is 15.5 Å². The summed E-state index contributed by atoms with van der Waals surface area (Å²) in [6, 6.07) is 4.09. The van der Waals surface area contributed by atoms with E-state index in [1.54, 1.807) is 0 Å². The third kappa shape index (κ3) is 2.26. The number of nitro benzene ring substituents is 1. The number of benzene rings is 1. The Morgan fingerprint density at radius 2 is 2.10 bits per heavy atom. The summed E-state index contributed by atoms with van der Waals surface area (Å²) < 4.78 is 5.81. The predicted octanol–water partition coefficient (Wildman–Crippen LogP) is 3.77. The zero-order chi connectivity index (χ0) is 14.9. The molecule has 1 aliphatic carbocycles. The largest absolute Gasteiger partial charge is 0.487 e. The van der Waals surface area contributed by atoms with Gasteiger partial charge in [-0.25, -0.2) is 0 Å². The lowest BCUT2D eigenvalue weighted by atomic mass is 9.61. The Morgan fingerprint density at radius 1 is 1.45 bits per heavy atom. The number of hydrogen-bond acceptors (Lipinski definition) is 4. The van der Waals surface area contributed by atoms with E-state index >= 15 is 0 Å². The average molecular weight is 298 g/mol. The van der Waals surface area contributed by atoms with Crippen molar-refractivity contribution in [1.82, 2.24) is 0 Å². The molecule has 1 aromatic carbocycles. The van der Waals surface area contributed by atoms with Crippen molar-refractivity contribution in [3.05, 3.63) is 33.3 Å². The zero-order valence-corrected chi connectivity index (χ0v) is 12.1. The molecule has 108 valence electrons. The minimum absolute atomic E-state index is 0.0794. The summed E-state index contributed by atoms with van der Waals surface area (Å²) in [5, 5.41) is 10.8. The summed E-state index contributed by atoms with van der Waals surface area (Å²) in [5.74, 6) is 0.603. The van der Waals surface area contributed by atoms with E-state index in [1.165, 1.54) is 18.2 Å². The molecule has 1 unspecified atom stereocenters. The molecule has 0 spiro atoms. The number of ketones is 1. The quantitative estimate of drug-likeness (QED) is 0.612. The molecule has 0 aliphatic heterocycles. The maximum atomic E-state index is 11.8. The van der Waals surface area contributed by atoms with Crippen LogP contribution < -0.4 is 4.74 Å². The molecule has 1 fully saturated rings. The number of nitrogens with zero attached hydrogens (tertiary/aromatic N) is 1. The van der Waals surface area contributed by atoms with Crippen LogP contribution in [0.1, 0.15) is 33.1 Å². The molecule has 1 saturated carbocycles. The maximum Gasteiger partial charge on any atom is 0.271 e. The minimum atomic E-state index is -0.509. The van der Waals surface area contributed by atoms with Gasteiger partial charge in [0.25, 0.3) is 5.69 Å². The van der Waals surface area contributed by atoms with Crippen LogP contribution in [-0.2, 0) is 4.79 Å². The molecule has 0 radical (unpaired) electrons. The number of non-ortho nitro benzene ring substituents is 1. The lowest BCUT2D eigenvalue weighted by Gasteiger charge is -2.46. The normalized spacial score (nSPS) is 20.4. The number of rotatable bonds is 5. The number of hydrogen-bond donors (Lipinski definition) is 0. The third-order valence-electron chi connectivity index (χ3n) is 4.20. The van der Waals surface area contributed by atoms with E-state index in [0.717, 1.165) is 12.8 Å². The van der Waals surface area contributed by atoms with Gasteiger partial charge in [-0.15, -0.1) is 0 Å². The first kappa shape index (κ1) is 14.8. The van der Waals surface area contributed by atoms with E-state index in [9.17, 15) is 14.9 Å². The second-order valence-electron chi connectivity index (χ2n) is 4.97.